The fourth-order valence-electron chi connectivity index (χ4n) is 1.90. The zero-order valence-electron chi connectivity index (χ0n) is 10.6. The normalized spacial score (nSPS) is 22.4. The first-order chi connectivity index (χ1) is 9.25. The Bertz CT molecular complexity index is 398. The lowest BCUT2D eigenvalue weighted by atomic mass is 10.1. The quantitative estimate of drug-likeness (QED) is 0.638. The lowest BCUT2D eigenvalue weighted by molar-refractivity contribution is -0.0334. The maximum atomic E-state index is 5.69. The Morgan fingerprint density at radius 3 is 2.32 bits per heavy atom. The summed E-state index contributed by atoms with van der Waals surface area (Å²) in [6.45, 7) is 3.11. The molecule has 2 aliphatic heterocycles. The molecule has 19 heavy (non-hydrogen) atoms. The van der Waals surface area contributed by atoms with Crippen LogP contribution < -0.4 is 5.32 Å². The summed E-state index contributed by atoms with van der Waals surface area (Å²) in [6, 6.07) is 4.12. The standard InChI is InChI=1S/C9H9ClN2S.C4H8O2/c10-8-3-1-6(5-11-8)7-2-4-9(13)12-7;1-2-6-4-3-5-1/h1,3,5,7H,2,4H2,(H,12,13);1-4H2. The Balaban J connectivity index is 0.000000186. The van der Waals surface area contributed by atoms with Crippen LogP contribution in [0.5, 0.6) is 0 Å². The van der Waals surface area contributed by atoms with Crippen molar-refractivity contribution in [1.29, 1.82) is 0 Å². The first-order valence-corrected chi connectivity index (χ1v) is 7.10. The highest BCUT2D eigenvalue weighted by atomic mass is 35.5. The van der Waals surface area contributed by atoms with Crippen molar-refractivity contribution in [2.75, 3.05) is 26.4 Å². The second kappa shape index (κ2) is 7.75. The number of nitrogens with zero attached hydrogens (tertiary/aromatic N) is 1. The molecule has 3 heterocycles. The van der Waals surface area contributed by atoms with Crippen molar-refractivity contribution in [2.24, 2.45) is 0 Å². The number of hydrogen-bond acceptors (Lipinski definition) is 4. The number of pyridine rings is 1. The summed E-state index contributed by atoms with van der Waals surface area (Å²) in [5, 5.41) is 3.77. The van der Waals surface area contributed by atoms with Crippen molar-refractivity contribution in [2.45, 2.75) is 18.9 Å². The molecule has 0 amide bonds. The van der Waals surface area contributed by atoms with Gasteiger partial charge in [-0.15, -0.1) is 0 Å². The van der Waals surface area contributed by atoms with Gasteiger partial charge in [0, 0.05) is 6.20 Å². The van der Waals surface area contributed by atoms with Crippen molar-refractivity contribution in [3.63, 3.8) is 0 Å². The molecule has 1 N–H and O–H groups in total. The van der Waals surface area contributed by atoms with Crippen LogP contribution in [0.2, 0.25) is 5.15 Å². The molecule has 0 bridgehead atoms. The van der Waals surface area contributed by atoms with Gasteiger partial charge in [0.1, 0.15) is 5.15 Å². The van der Waals surface area contributed by atoms with Crippen LogP contribution in [0.15, 0.2) is 18.3 Å². The van der Waals surface area contributed by atoms with E-state index in [9.17, 15) is 0 Å². The van der Waals surface area contributed by atoms with Gasteiger partial charge in [0.25, 0.3) is 0 Å². The maximum absolute atomic E-state index is 5.69. The van der Waals surface area contributed by atoms with Crippen LogP contribution in [0.25, 0.3) is 0 Å². The van der Waals surface area contributed by atoms with E-state index >= 15 is 0 Å². The highest BCUT2D eigenvalue weighted by Crippen LogP contribution is 2.24. The van der Waals surface area contributed by atoms with Crippen molar-refractivity contribution >= 4 is 28.8 Å². The van der Waals surface area contributed by atoms with Gasteiger partial charge in [-0.3, -0.25) is 0 Å². The number of ether oxygens (including phenoxy) is 2. The molecule has 4 nitrogen and oxygen atoms in total. The van der Waals surface area contributed by atoms with Crippen LogP contribution in [0, 0.1) is 0 Å². The Kier molecular flexibility index (Phi) is 5.97. The van der Waals surface area contributed by atoms with Gasteiger partial charge >= 0.3 is 0 Å². The Morgan fingerprint density at radius 2 is 1.89 bits per heavy atom. The van der Waals surface area contributed by atoms with Crippen molar-refractivity contribution < 1.29 is 9.47 Å². The van der Waals surface area contributed by atoms with E-state index in [1.54, 1.807) is 12.3 Å². The summed E-state index contributed by atoms with van der Waals surface area (Å²) < 4.78 is 9.89. The molecule has 1 unspecified atom stereocenters. The molecule has 1 aromatic heterocycles. The molecule has 0 spiro atoms. The fourth-order valence-corrected chi connectivity index (χ4v) is 2.27. The summed E-state index contributed by atoms with van der Waals surface area (Å²) in [6.07, 6.45) is 3.83. The average molecular weight is 301 g/mol. The molecule has 0 aliphatic carbocycles. The third kappa shape index (κ3) is 5.03. The Hall–Kier alpha value is -0.750. The Morgan fingerprint density at radius 1 is 1.21 bits per heavy atom. The predicted octanol–water partition coefficient (Wildman–Crippen LogP) is 2.52. The number of thiocarbonyl (C=S) groups is 1. The minimum atomic E-state index is 0.331. The van der Waals surface area contributed by atoms with Crippen molar-refractivity contribution in [1.82, 2.24) is 10.3 Å². The second-order valence-corrected chi connectivity index (χ2v) is 5.18. The molecule has 2 aliphatic rings. The minimum Gasteiger partial charge on any atom is -0.377 e. The second-order valence-electron chi connectivity index (χ2n) is 4.30. The van der Waals surface area contributed by atoms with Crippen LogP contribution in [-0.2, 0) is 9.47 Å². The highest BCUT2D eigenvalue weighted by Gasteiger charge is 2.19. The topological polar surface area (TPSA) is 43.4 Å². The van der Waals surface area contributed by atoms with E-state index in [1.165, 1.54) is 0 Å². The molecule has 1 atom stereocenters. The predicted molar refractivity (Wildman–Crippen MR) is 78.6 cm³/mol. The molecular formula is C13H17ClN2O2S. The van der Waals surface area contributed by atoms with Gasteiger partial charge in [-0.1, -0.05) is 29.9 Å². The summed E-state index contributed by atoms with van der Waals surface area (Å²) in [7, 11) is 0. The zero-order chi connectivity index (χ0) is 13.5. The van der Waals surface area contributed by atoms with Crippen LogP contribution >= 0.6 is 23.8 Å². The summed E-state index contributed by atoms with van der Waals surface area (Å²) in [5.74, 6) is 0. The van der Waals surface area contributed by atoms with Crippen LogP contribution in [0.4, 0.5) is 0 Å². The molecule has 0 saturated carbocycles. The van der Waals surface area contributed by atoms with E-state index in [1.807, 2.05) is 6.07 Å². The largest absolute Gasteiger partial charge is 0.377 e. The highest BCUT2D eigenvalue weighted by molar-refractivity contribution is 7.80. The molecular weight excluding hydrogens is 284 g/mol. The Labute approximate surface area is 123 Å². The van der Waals surface area contributed by atoms with Crippen LogP contribution in [0.3, 0.4) is 0 Å². The minimum absolute atomic E-state index is 0.331. The van der Waals surface area contributed by atoms with Crippen LogP contribution in [-0.4, -0.2) is 36.4 Å². The molecule has 0 radical (unpaired) electrons. The van der Waals surface area contributed by atoms with E-state index in [2.05, 4.69) is 10.3 Å². The van der Waals surface area contributed by atoms with E-state index in [0.717, 1.165) is 49.8 Å². The summed E-state index contributed by atoms with van der Waals surface area (Å²) in [4.78, 5) is 4.98. The van der Waals surface area contributed by atoms with Gasteiger partial charge in [0.2, 0.25) is 0 Å². The fraction of sp³-hybridized carbons (Fsp3) is 0.538. The van der Waals surface area contributed by atoms with E-state index in [-0.39, 0.29) is 0 Å². The molecule has 2 fully saturated rings. The summed E-state index contributed by atoms with van der Waals surface area (Å²) in [5.41, 5.74) is 1.16. The van der Waals surface area contributed by atoms with Crippen molar-refractivity contribution in [3.8, 4) is 0 Å². The first kappa shape index (κ1) is 14.7. The van der Waals surface area contributed by atoms with Gasteiger partial charge in [-0.2, -0.15) is 0 Å². The lowest BCUT2D eigenvalue weighted by Gasteiger charge is -2.09. The maximum Gasteiger partial charge on any atom is 0.129 e. The molecule has 104 valence electrons. The third-order valence-electron chi connectivity index (χ3n) is 2.89. The summed E-state index contributed by atoms with van der Waals surface area (Å²) >= 11 is 10.8. The number of aromatic nitrogens is 1. The first-order valence-electron chi connectivity index (χ1n) is 6.32. The van der Waals surface area contributed by atoms with Gasteiger partial charge in [-0.25, -0.2) is 4.98 Å². The monoisotopic (exact) mass is 300 g/mol. The number of hydrogen-bond donors (Lipinski definition) is 1. The van der Waals surface area contributed by atoms with Crippen molar-refractivity contribution in [3.05, 3.63) is 29.0 Å². The van der Waals surface area contributed by atoms with Gasteiger partial charge in [0.05, 0.1) is 37.5 Å². The molecule has 6 heteroatoms. The smallest absolute Gasteiger partial charge is 0.129 e. The van der Waals surface area contributed by atoms with Gasteiger partial charge in [0.15, 0.2) is 0 Å². The van der Waals surface area contributed by atoms with E-state index in [4.69, 9.17) is 33.3 Å². The van der Waals surface area contributed by atoms with E-state index < -0.39 is 0 Å². The SMILES string of the molecule is C1COCCO1.S=C1CCC(c2ccc(Cl)nc2)N1. The van der Waals surface area contributed by atoms with E-state index in [0.29, 0.717) is 11.2 Å². The molecule has 0 aromatic carbocycles. The molecule has 3 rings (SSSR count). The molecule has 1 aromatic rings. The third-order valence-corrected chi connectivity index (χ3v) is 3.44. The number of halogens is 1. The van der Waals surface area contributed by atoms with Gasteiger partial charge in [-0.05, 0) is 24.5 Å². The average Bonchev–Trinajstić information content (AvgIpc) is 2.89. The number of rotatable bonds is 1. The lowest BCUT2D eigenvalue weighted by Crippen LogP contribution is -2.16. The van der Waals surface area contributed by atoms with Gasteiger partial charge < -0.3 is 14.8 Å². The number of nitrogens with one attached hydrogen (secondary N) is 1. The van der Waals surface area contributed by atoms with Crippen LogP contribution in [0.1, 0.15) is 24.4 Å². The molecule has 2 saturated heterocycles. The zero-order valence-corrected chi connectivity index (χ0v) is 12.2.